The van der Waals surface area contributed by atoms with Crippen molar-refractivity contribution in [1.82, 2.24) is 15.5 Å². The number of nitrogens with zero attached hydrogens (tertiary/aromatic N) is 2. The minimum atomic E-state index is -0.378. The maximum Gasteiger partial charge on any atom is 0.315 e. The number of hydrogen-bond acceptors (Lipinski definition) is 3. The molecule has 7 heteroatoms. The number of carbonyl (C=O) groups excluding carboxylic acids is 2. The van der Waals surface area contributed by atoms with E-state index in [0.29, 0.717) is 24.8 Å². The molecule has 6 nitrogen and oxygen atoms in total. The highest BCUT2D eigenvalue weighted by molar-refractivity contribution is 5.96. The molecule has 2 heterocycles. The SMILES string of the molecule is CCN1CCCC1CNC(=O)NC1CC(=O)N(c2cccc(F)c2)C1. The van der Waals surface area contributed by atoms with E-state index in [1.807, 2.05) is 0 Å². The third kappa shape index (κ3) is 4.28. The van der Waals surface area contributed by atoms with Gasteiger partial charge in [-0.25, -0.2) is 9.18 Å². The second-order valence-corrected chi connectivity index (χ2v) is 6.66. The van der Waals surface area contributed by atoms with Crippen LogP contribution in [0.5, 0.6) is 0 Å². The van der Waals surface area contributed by atoms with Gasteiger partial charge < -0.3 is 15.5 Å². The van der Waals surface area contributed by atoms with Crippen LogP contribution < -0.4 is 15.5 Å². The van der Waals surface area contributed by atoms with Gasteiger partial charge in [0.25, 0.3) is 0 Å². The molecule has 2 aliphatic heterocycles. The van der Waals surface area contributed by atoms with Gasteiger partial charge in [-0.15, -0.1) is 0 Å². The number of urea groups is 1. The molecule has 0 aromatic heterocycles. The molecule has 0 aliphatic carbocycles. The Labute approximate surface area is 147 Å². The van der Waals surface area contributed by atoms with Crippen molar-refractivity contribution >= 4 is 17.6 Å². The average molecular weight is 348 g/mol. The molecule has 2 fully saturated rings. The Kier molecular flexibility index (Phi) is 5.53. The highest BCUT2D eigenvalue weighted by Gasteiger charge is 2.32. The van der Waals surface area contributed by atoms with Gasteiger partial charge in [0.05, 0.1) is 6.04 Å². The van der Waals surface area contributed by atoms with E-state index >= 15 is 0 Å². The van der Waals surface area contributed by atoms with Crippen LogP contribution in [-0.2, 0) is 4.79 Å². The summed E-state index contributed by atoms with van der Waals surface area (Å²) in [6.07, 6.45) is 2.50. The van der Waals surface area contributed by atoms with Crippen LogP contribution in [0.3, 0.4) is 0 Å². The number of benzene rings is 1. The summed E-state index contributed by atoms with van der Waals surface area (Å²) >= 11 is 0. The molecule has 2 saturated heterocycles. The average Bonchev–Trinajstić information content (AvgIpc) is 3.19. The highest BCUT2D eigenvalue weighted by Crippen LogP contribution is 2.22. The first kappa shape index (κ1) is 17.7. The number of carbonyl (C=O) groups is 2. The summed E-state index contributed by atoms with van der Waals surface area (Å²) in [7, 11) is 0. The quantitative estimate of drug-likeness (QED) is 0.852. The molecule has 3 rings (SSSR count). The number of halogens is 1. The van der Waals surface area contributed by atoms with Gasteiger partial charge in [-0.3, -0.25) is 9.69 Å². The Morgan fingerprint density at radius 2 is 2.24 bits per heavy atom. The molecule has 3 amide bonds. The fourth-order valence-electron chi connectivity index (χ4n) is 3.69. The van der Waals surface area contributed by atoms with E-state index < -0.39 is 0 Å². The van der Waals surface area contributed by atoms with Gasteiger partial charge in [0.15, 0.2) is 0 Å². The minimum Gasteiger partial charge on any atom is -0.337 e. The first-order valence-electron chi connectivity index (χ1n) is 8.91. The van der Waals surface area contributed by atoms with Crippen molar-refractivity contribution in [2.24, 2.45) is 0 Å². The van der Waals surface area contributed by atoms with Crippen molar-refractivity contribution in [2.75, 3.05) is 31.1 Å². The number of likely N-dealkylation sites (N-methyl/N-ethyl adjacent to an activating group) is 1. The van der Waals surface area contributed by atoms with Crippen LogP contribution in [0.25, 0.3) is 0 Å². The van der Waals surface area contributed by atoms with Crippen LogP contribution >= 0.6 is 0 Å². The van der Waals surface area contributed by atoms with Gasteiger partial charge in [0, 0.05) is 31.2 Å². The predicted molar refractivity (Wildman–Crippen MR) is 94.0 cm³/mol. The molecule has 1 aromatic rings. The molecule has 2 N–H and O–H groups in total. The van der Waals surface area contributed by atoms with Crippen LogP contribution in [-0.4, -0.2) is 55.1 Å². The summed E-state index contributed by atoms with van der Waals surface area (Å²) in [5, 5.41) is 5.77. The van der Waals surface area contributed by atoms with Crippen molar-refractivity contribution in [2.45, 2.75) is 38.3 Å². The number of nitrogens with one attached hydrogen (secondary N) is 2. The summed E-state index contributed by atoms with van der Waals surface area (Å²) in [5.74, 6) is -0.486. The Morgan fingerprint density at radius 3 is 3.00 bits per heavy atom. The van der Waals surface area contributed by atoms with Crippen molar-refractivity contribution in [3.8, 4) is 0 Å². The van der Waals surface area contributed by atoms with E-state index in [1.54, 1.807) is 12.1 Å². The maximum absolute atomic E-state index is 13.3. The van der Waals surface area contributed by atoms with E-state index in [9.17, 15) is 14.0 Å². The molecule has 0 radical (unpaired) electrons. The monoisotopic (exact) mass is 348 g/mol. The van der Waals surface area contributed by atoms with Crippen molar-refractivity contribution < 1.29 is 14.0 Å². The fourth-order valence-corrected chi connectivity index (χ4v) is 3.69. The zero-order chi connectivity index (χ0) is 17.8. The van der Waals surface area contributed by atoms with Crippen molar-refractivity contribution in [3.63, 3.8) is 0 Å². The lowest BCUT2D eigenvalue weighted by Gasteiger charge is -2.23. The first-order valence-corrected chi connectivity index (χ1v) is 8.91. The molecule has 25 heavy (non-hydrogen) atoms. The molecule has 0 bridgehead atoms. The summed E-state index contributed by atoms with van der Waals surface area (Å²) in [6, 6.07) is 5.83. The van der Waals surface area contributed by atoms with Crippen LogP contribution in [0.2, 0.25) is 0 Å². The van der Waals surface area contributed by atoms with E-state index in [2.05, 4.69) is 22.5 Å². The molecule has 2 atom stereocenters. The van der Waals surface area contributed by atoms with Gasteiger partial charge >= 0.3 is 6.03 Å². The zero-order valence-corrected chi connectivity index (χ0v) is 14.5. The van der Waals surface area contributed by atoms with Gasteiger partial charge in [0.2, 0.25) is 5.91 Å². The predicted octanol–water partition coefficient (Wildman–Crippen LogP) is 1.71. The Hall–Kier alpha value is -2.15. The lowest BCUT2D eigenvalue weighted by molar-refractivity contribution is -0.117. The molecule has 0 spiro atoms. The second-order valence-electron chi connectivity index (χ2n) is 6.66. The number of likely N-dealkylation sites (tertiary alicyclic amines) is 1. The molecule has 0 saturated carbocycles. The summed E-state index contributed by atoms with van der Waals surface area (Å²) in [5.41, 5.74) is 0.527. The largest absolute Gasteiger partial charge is 0.337 e. The molecule has 1 aromatic carbocycles. The molecular formula is C18H25FN4O2. The topological polar surface area (TPSA) is 64.7 Å². The second kappa shape index (κ2) is 7.82. The van der Waals surface area contributed by atoms with Crippen LogP contribution in [0.4, 0.5) is 14.9 Å². The Balaban J connectivity index is 1.48. The van der Waals surface area contributed by atoms with Crippen LogP contribution in [0.15, 0.2) is 24.3 Å². The number of amides is 3. The molecule has 2 unspecified atom stereocenters. The lowest BCUT2D eigenvalue weighted by Crippen LogP contribution is -2.47. The minimum absolute atomic E-state index is 0.108. The number of rotatable bonds is 5. The zero-order valence-electron chi connectivity index (χ0n) is 14.5. The molecule has 2 aliphatic rings. The smallest absolute Gasteiger partial charge is 0.315 e. The van der Waals surface area contributed by atoms with Crippen molar-refractivity contribution in [3.05, 3.63) is 30.1 Å². The Morgan fingerprint density at radius 1 is 1.40 bits per heavy atom. The van der Waals surface area contributed by atoms with E-state index in [1.165, 1.54) is 23.5 Å². The lowest BCUT2D eigenvalue weighted by atomic mass is 10.2. The summed E-state index contributed by atoms with van der Waals surface area (Å²) in [4.78, 5) is 28.2. The number of anilines is 1. The highest BCUT2D eigenvalue weighted by atomic mass is 19.1. The first-order chi connectivity index (χ1) is 12.1. The standard InChI is InChI=1S/C18H25FN4O2/c1-2-22-8-4-7-16(22)11-20-18(25)21-14-10-17(24)23(12-14)15-6-3-5-13(19)9-15/h3,5-6,9,14,16H,2,4,7-8,10-12H2,1H3,(H2,20,21,25). The Bertz CT molecular complexity index is 639. The van der Waals surface area contributed by atoms with Gasteiger partial charge in [-0.1, -0.05) is 13.0 Å². The van der Waals surface area contributed by atoms with E-state index in [0.717, 1.165) is 19.5 Å². The maximum atomic E-state index is 13.3. The van der Waals surface area contributed by atoms with Crippen molar-refractivity contribution in [1.29, 1.82) is 0 Å². The van der Waals surface area contributed by atoms with Gasteiger partial charge in [-0.05, 0) is 44.1 Å². The van der Waals surface area contributed by atoms with Crippen LogP contribution in [0.1, 0.15) is 26.2 Å². The fraction of sp³-hybridized carbons (Fsp3) is 0.556. The summed E-state index contributed by atoms with van der Waals surface area (Å²) < 4.78 is 13.3. The van der Waals surface area contributed by atoms with Crippen LogP contribution in [0, 0.1) is 5.82 Å². The molecular weight excluding hydrogens is 323 g/mol. The number of hydrogen-bond donors (Lipinski definition) is 2. The van der Waals surface area contributed by atoms with Gasteiger partial charge in [0.1, 0.15) is 5.82 Å². The van der Waals surface area contributed by atoms with E-state index in [-0.39, 0.29) is 30.2 Å². The van der Waals surface area contributed by atoms with Gasteiger partial charge in [-0.2, -0.15) is 0 Å². The van der Waals surface area contributed by atoms with E-state index in [4.69, 9.17) is 0 Å². The third-order valence-electron chi connectivity index (χ3n) is 4.98. The molecule has 136 valence electrons. The third-order valence-corrected chi connectivity index (χ3v) is 4.98. The summed E-state index contributed by atoms with van der Waals surface area (Å²) in [6.45, 7) is 5.19. The normalized spacial score (nSPS) is 23.9.